The molecule has 0 unspecified atom stereocenters. The summed E-state index contributed by atoms with van der Waals surface area (Å²) in [6.07, 6.45) is 2.59. The van der Waals surface area contributed by atoms with Crippen LogP contribution in [0.2, 0.25) is 0 Å². The molecule has 1 aromatic rings. The van der Waals surface area contributed by atoms with E-state index in [4.69, 9.17) is 10.5 Å². The van der Waals surface area contributed by atoms with Crippen molar-refractivity contribution >= 4 is 11.4 Å². The van der Waals surface area contributed by atoms with Crippen molar-refractivity contribution in [3.05, 3.63) is 24.0 Å². The molecule has 0 amide bonds. The van der Waals surface area contributed by atoms with E-state index in [1.807, 2.05) is 0 Å². The molecule has 0 atom stereocenters. The van der Waals surface area contributed by atoms with Gasteiger partial charge in [-0.3, -0.25) is 0 Å². The fraction of sp³-hybridized carbons (Fsp3) is 0.500. The first-order valence-corrected chi connectivity index (χ1v) is 5.62. The van der Waals surface area contributed by atoms with Crippen molar-refractivity contribution in [3.63, 3.8) is 0 Å². The van der Waals surface area contributed by atoms with Crippen LogP contribution in [-0.4, -0.2) is 19.8 Å². The number of hydrogen-bond donors (Lipinski definition) is 2. The van der Waals surface area contributed by atoms with Crippen molar-refractivity contribution in [2.24, 2.45) is 5.92 Å². The maximum absolute atomic E-state index is 12.9. The summed E-state index contributed by atoms with van der Waals surface area (Å²) >= 11 is 0. The number of rotatable bonds is 6. The molecule has 1 aliphatic carbocycles. The molecular formula is C12H17FN2O. The number of nitrogen functional groups attached to an aromatic ring is 1. The van der Waals surface area contributed by atoms with E-state index in [9.17, 15) is 4.39 Å². The van der Waals surface area contributed by atoms with E-state index in [1.54, 1.807) is 6.07 Å². The number of benzene rings is 1. The summed E-state index contributed by atoms with van der Waals surface area (Å²) < 4.78 is 18.4. The second kappa shape index (κ2) is 5.16. The topological polar surface area (TPSA) is 47.3 Å². The Morgan fingerprint density at radius 3 is 3.00 bits per heavy atom. The molecule has 1 fully saturated rings. The molecule has 2 rings (SSSR count). The summed E-state index contributed by atoms with van der Waals surface area (Å²) in [5.41, 5.74) is 6.89. The zero-order valence-electron chi connectivity index (χ0n) is 9.21. The molecule has 0 radical (unpaired) electrons. The minimum Gasteiger partial charge on any atom is -0.397 e. The first kappa shape index (κ1) is 11.2. The molecule has 1 aromatic carbocycles. The zero-order valence-corrected chi connectivity index (χ0v) is 9.21. The molecule has 0 bridgehead atoms. The molecule has 0 aliphatic heterocycles. The predicted octanol–water partition coefficient (Wildman–Crippen LogP) is 2.25. The lowest BCUT2D eigenvalue weighted by molar-refractivity contribution is 0.134. The van der Waals surface area contributed by atoms with Crippen molar-refractivity contribution in [3.8, 4) is 0 Å². The predicted molar refractivity (Wildman–Crippen MR) is 62.8 cm³/mol. The monoisotopic (exact) mass is 224 g/mol. The normalized spacial score (nSPS) is 15.1. The van der Waals surface area contributed by atoms with Gasteiger partial charge in [-0.25, -0.2) is 4.39 Å². The number of ether oxygens (including phenoxy) is 1. The molecule has 88 valence electrons. The minimum atomic E-state index is -0.282. The van der Waals surface area contributed by atoms with E-state index < -0.39 is 0 Å². The lowest BCUT2D eigenvalue weighted by Crippen LogP contribution is -2.11. The average molecular weight is 224 g/mol. The van der Waals surface area contributed by atoms with Gasteiger partial charge in [-0.05, 0) is 37.0 Å². The van der Waals surface area contributed by atoms with Crippen molar-refractivity contribution in [1.29, 1.82) is 0 Å². The number of halogens is 1. The van der Waals surface area contributed by atoms with Crippen LogP contribution >= 0.6 is 0 Å². The van der Waals surface area contributed by atoms with E-state index in [1.165, 1.54) is 25.0 Å². The Morgan fingerprint density at radius 1 is 1.44 bits per heavy atom. The Balaban J connectivity index is 1.69. The average Bonchev–Trinajstić information content (AvgIpc) is 3.06. The van der Waals surface area contributed by atoms with Crippen LogP contribution in [0.3, 0.4) is 0 Å². The third kappa shape index (κ3) is 3.38. The van der Waals surface area contributed by atoms with Gasteiger partial charge in [0.2, 0.25) is 0 Å². The molecule has 3 N–H and O–H groups in total. The maximum atomic E-state index is 12.9. The van der Waals surface area contributed by atoms with Gasteiger partial charge in [0, 0.05) is 13.2 Å². The lowest BCUT2D eigenvalue weighted by Gasteiger charge is -2.09. The van der Waals surface area contributed by atoms with Gasteiger partial charge in [0.25, 0.3) is 0 Å². The van der Waals surface area contributed by atoms with Crippen LogP contribution in [0.1, 0.15) is 12.8 Å². The molecule has 0 heterocycles. The van der Waals surface area contributed by atoms with Crippen LogP contribution in [0.15, 0.2) is 18.2 Å². The highest BCUT2D eigenvalue weighted by Gasteiger charge is 2.20. The van der Waals surface area contributed by atoms with Crippen LogP contribution in [0.5, 0.6) is 0 Å². The summed E-state index contributed by atoms with van der Waals surface area (Å²) in [6, 6.07) is 4.31. The van der Waals surface area contributed by atoms with Crippen molar-refractivity contribution in [2.45, 2.75) is 12.8 Å². The molecule has 16 heavy (non-hydrogen) atoms. The summed E-state index contributed by atoms with van der Waals surface area (Å²) in [7, 11) is 0. The van der Waals surface area contributed by atoms with E-state index in [0.29, 0.717) is 24.5 Å². The van der Waals surface area contributed by atoms with Crippen molar-refractivity contribution in [2.75, 3.05) is 30.8 Å². The number of nitrogens with two attached hydrogens (primary N) is 1. The third-order valence-corrected chi connectivity index (χ3v) is 2.63. The minimum absolute atomic E-state index is 0.282. The molecule has 4 heteroatoms. The SMILES string of the molecule is Nc1ccc(F)cc1NCCOCC1CC1. The first-order chi connectivity index (χ1) is 7.75. The summed E-state index contributed by atoms with van der Waals surface area (Å²) in [6.45, 7) is 2.13. The van der Waals surface area contributed by atoms with Gasteiger partial charge in [-0.2, -0.15) is 0 Å². The Hall–Kier alpha value is -1.29. The molecule has 3 nitrogen and oxygen atoms in total. The van der Waals surface area contributed by atoms with Crippen LogP contribution in [-0.2, 0) is 4.74 Å². The summed E-state index contributed by atoms with van der Waals surface area (Å²) in [5, 5.41) is 3.06. The molecule has 1 saturated carbocycles. The Bertz CT molecular complexity index is 353. The van der Waals surface area contributed by atoms with Crippen molar-refractivity contribution in [1.82, 2.24) is 0 Å². The smallest absolute Gasteiger partial charge is 0.125 e. The Morgan fingerprint density at radius 2 is 2.25 bits per heavy atom. The van der Waals surface area contributed by atoms with E-state index in [0.717, 1.165) is 12.5 Å². The Labute approximate surface area is 94.8 Å². The van der Waals surface area contributed by atoms with Crippen LogP contribution in [0.25, 0.3) is 0 Å². The standard InChI is InChI=1S/C12H17FN2O/c13-10-3-4-11(14)12(7-10)15-5-6-16-8-9-1-2-9/h3-4,7,9,15H,1-2,5-6,8,14H2. The third-order valence-electron chi connectivity index (χ3n) is 2.63. The zero-order chi connectivity index (χ0) is 11.4. The van der Waals surface area contributed by atoms with Crippen LogP contribution < -0.4 is 11.1 Å². The van der Waals surface area contributed by atoms with E-state index in [-0.39, 0.29) is 5.82 Å². The second-order valence-corrected chi connectivity index (χ2v) is 4.18. The van der Waals surface area contributed by atoms with Gasteiger partial charge in [0.1, 0.15) is 5.82 Å². The second-order valence-electron chi connectivity index (χ2n) is 4.18. The quantitative estimate of drug-likeness (QED) is 0.575. The van der Waals surface area contributed by atoms with E-state index >= 15 is 0 Å². The maximum Gasteiger partial charge on any atom is 0.125 e. The van der Waals surface area contributed by atoms with Gasteiger partial charge in [-0.1, -0.05) is 0 Å². The van der Waals surface area contributed by atoms with Crippen LogP contribution in [0.4, 0.5) is 15.8 Å². The fourth-order valence-corrected chi connectivity index (χ4v) is 1.47. The first-order valence-electron chi connectivity index (χ1n) is 5.62. The van der Waals surface area contributed by atoms with E-state index in [2.05, 4.69) is 5.32 Å². The summed E-state index contributed by atoms with van der Waals surface area (Å²) in [4.78, 5) is 0. The highest BCUT2D eigenvalue weighted by Crippen LogP contribution is 2.28. The molecule has 1 aliphatic rings. The van der Waals surface area contributed by atoms with Crippen molar-refractivity contribution < 1.29 is 9.13 Å². The number of hydrogen-bond acceptors (Lipinski definition) is 3. The number of nitrogens with one attached hydrogen (secondary N) is 1. The van der Waals surface area contributed by atoms with Gasteiger partial charge < -0.3 is 15.8 Å². The molecule has 0 saturated heterocycles. The highest BCUT2D eigenvalue weighted by atomic mass is 19.1. The number of anilines is 2. The summed E-state index contributed by atoms with van der Waals surface area (Å²) in [5.74, 6) is 0.495. The van der Waals surface area contributed by atoms with Gasteiger partial charge >= 0.3 is 0 Å². The fourth-order valence-electron chi connectivity index (χ4n) is 1.47. The van der Waals surface area contributed by atoms with Gasteiger partial charge in [0.15, 0.2) is 0 Å². The Kier molecular flexibility index (Phi) is 3.62. The highest BCUT2D eigenvalue weighted by molar-refractivity contribution is 5.65. The molecule has 0 aromatic heterocycles. The van der Waals surface area contributed by atoms with Crippen LogP contribution in [0, 0.1) is 11.7 Å². The molecular weight excluding hydrogens is 207 g/mol. The largest absolute Gasteiger partial charge is 0.397 e. The lowest BCUT2D eigenvalue weighted by atomic mass is 10.2. The van der Waals surface area contributed by atoms with Gasteiger partial charge in [0.05, 0.1) is 18.0 Å². The van der Waals surface area contributed by atoms with Gasteiger partial charge in [-0.15, -0.1) is 0 Å². The molecule has 0 spiro atoms.